The van der Waals surface area contributed by atoms with Gasteiger partial charge in [-0.2, -0.15) is 0 Å². The highest BCUT2D eigenvalue weighted by Crippen LogP contribution is 2.58. The zero-order chi connectivity index (χ0) is 12.8. The van der Waals surface area contributed by atoms with E-state index in [9.17, 15) is 0 Å². The summed E-state index contributed by atoms with van der Waals surface area (Å²) < 4.78 is 0. The van der Waals surface area contributed by atoms with Gasteiger partial charge in [-0.25, -0.2) is 0 Å². The Labute approximate surface area is 120 Å². The Hall–Kier alpha value is -0.340. The van der Waals surface area contributed by atoms with E-state index in [1.54, 1.807) is 6.42 Å². The molecule has 104 valence electrons. The lowest BCUT2D eigenvalue weighted by Gasteiger charge is -2.32. The van der Waals surface area contributed by atoms with Crippen molar-refractivity contribution in [1.82, 2.24) is 5.32 Å². The Morgan fingerprint density at radius 3 is 2.79 bits per heavy atom. The second-order valence-corrected chi connectivity index (χ2v) is 8.12. The summed E-state index contributed by atoms with van der Waals surface area (Å²) in [4.78, 5) is 3.06. The molecule has 3 saturated carbocycles. The fraction of sp³-hybridized carbons (Fsp3) is 0.765. The van der Waals surface area contributed by atoms with Gasteiger partial charge in [-0.1, -0.05) is 13.3 Å². The van der Waals surface area contributed by atoms with Crippen LogP contribution in [0.15, 0.2) is 12.1 Å². The Morgan fingerprint density at radius 1 is 1.11 bits per heavy atom. The van der Waals surface area contributed by atoms with Crippen LogP contribution >= 0.6 is 11.3 Å². The summed E-state index contributed by atoms with van der Waals surface area (Å²) in [6.45, 7) is 3.36. The maximum Gasteiger partial charge on any atom is 0.0302 e. The smallest absolute Gasteiger partial charge is 0.0302 e. The van der Waals surface area contributed by atoms with Crippen LogP contribution in [0.3, 0.4) is 0 Å². The van der Waals surface area contributed by atoms with E-state index in [4.69, 9.17) is 0 Å². The Kier molecular flexibility index (Phi) is 3.19. The van der Waals surface area contributed by atoms with Crippen LogP contribution in [0, 0.1) is 23.7 Å². The molecular weight excluding hydrogens is 250 g/mol. The van der Waals surface area contributed by atoms with E-state index in [1.165, 1.54) is 41.9 Å². The number of hydrogen-bond donors (Lipinski definition) is 1. The van der Waals surface area contributed by atoms with Gasteiger partial charge in [0.1, 0.15) is 0 Å². The molecule has 3 aliphatic rings. The van der Waals surface area contributed by atoms with Gasteiger partial charge in [0.15, 0.2) is 0 Å². The molecular formula is C17H25NS. The molecule has 0 spiro atoms. The Morgan fingerprint density at radius 2 is 1.95 bits per heavy atom. The molecule has 2 bridgehead atoms. The predicted octanol–water partition coefficient (Wildman–Crippen LogP) is 4.22. The molecule has 4 rings (SSSR count). The highest BCUT2D eigenvalue weighted by Gasteiger charge is 2.53. The number of nitrogens with one attached hydrogen (secondary N) is 1. The summed E-state index contributed by atoms with van der Waals surface area (Å²) in [7, 11) is 0. The Bertz CT molecular complexity index is 452. The molecule has 5 atom stereocenters. The van der Waals surface area contributed by atoms with E-state index >= 15 is 0 Å². The van der Waals surface area contributed by atoms with E-state index in [0.29, 0.717) is 0 Å². The quantitative estimate of drug-likeness (QED) is 0.867. The molecule has 0 saturated heterocycles. The van der Waals surface area contributed by atoms with Crippen molar-refractivity contribution in [1.29, 1.82) is 0 Å². The SMILES string of the molecule is CCc1ccc(CNC2CC3CC2C2CCCC32)s1. The minimum Gasteiger partial charge on any atom is -0.309 e. The zero-order valence-corrected chi connectivity index (χ0v) is 12.7. The summed E-state index contributed by atoms with van der Waals surface area (Å²) in [6.07, 6.45) is 8.78. The molecule has 0 aromatic carbocycles. The second kappa shape index (κ2) is 4.89. The van der Waals surface area contributed by atoms with Crippen LogP contribution in [0.4, 0.5) is 0 Å². The second-order valence-electron chi connectivity index (χ2n) is 6.86. The third-order valence-corrected chi connectivity index (χ3v) is 7.26. The fourth-order valence-electron chi connectivity index (χ4n) is 5.24. The average molecular weight is 275 g/mol. The minimum absolute atomic E-state index is 0.830. The molecule has 1 aromatic heterocycles. The first kappa shape index (κ1) is 12.4. The molecule has 0 amide bonds. The van der Waals surface area contributed by atoms with Gasteiger partial charge in [0.25, 0.3) is 0 Å². The average Bonchev–Trinajstić information content (AvgIpc) is 3.16. The van der Waals surface area contributed by atoms with Crippen LogP contribution in [0.2, 0.25) is 0 Å². The van der Waals surface area contributed by atoms with Gasteiger partial charge in [0, 0.05) is 22.3 Å². The number of aryl methyl sites for hydroxylation is 1. The standard InChI is InChI=1S/C17H25NS/c1-2-12-6-7-13(19-12)10-18-17-9-11-8-16(17)15-5-3-4-14(11)15/h6-7,11,14-18H,2-5,8-10H2,1H3. The van der Waals surface area contributed by atoms with Crippen molar-refractivity contribution < 1.29 is 0 Å². The summed E-state index contributed by atoms with van der Waals surface area (Å²) >= 11 is 1.99. The van der Waals surface area contributed by atoms with Gasteiger partial charge in [-0.15, -0.1) is 11.3 Å². The molecule has 5 unspecified atom stereocenters. The Balaban J connectivity index is 1.37. The maximum absolute atomic E-state index is 3.89. The lowest BCUT2D eigenvalue weighted by atomic mass is 9.79. The summed E-state index contributed by atoms with van der Waals surface area (Å²) in [5.41, 5.74) is 0. The summed E-state index contributed by atoms with van der Waals surface area (Å²) in [5, 5.41) is 3.89. The lowest BCUT2D eigenvalue weighted by Crippen LogP contribution is -2.38. The predicted molar refractivity (Wildman–Crippen MR) is 81.4 cm³/mol. The van der Waals surface area contributed by atoms with Crippen LogP contribution in [0.1, 0.15) is 48.8 Å². The molecule has 1 heterocycles. The number of fused-ring (bicyclic) bond motifs is 5. The van der Waals surface area contributed by atoms with E-state index in [0.717, 1.165) is 36.3 Å². The van der Waals surface area contributed by atoms with Gasteiger partial charge in [-0.3, -0.25) is 0 Å². The maximum atomic E-state index is 3.89. The topological polar surface area (TPSA) is 12.0 Å². The first-order valence-corrected chi connectivity index (χ1v) is 8.97. The van der Waals surface area contributed by atoms with Crippen molar-refractivity contribution in [2.75, 3.05) is 0 Å². The largest absolute Gasteiger partial charge is 0.309 e. The van der Waals surface area contributed by atoms with Crippen LogP contribution in [0.25, 0.3) is 0 Å². The third-order valence-electron chi connectivity index (χ3n) is 6.03. The van der Waals surface area contributed by atoms with E-state index in [1.807, 2.05) is 11.3 Å². The number of thiophene rings is 1. The van der Waals surface area contributed by atoms with Gasteiger partial charge < -0.3 is 5.32 Å². The number of hydrogen-bond acceptors (Lipinski definition) is 2. The van der Waals surface area contributed by atoms with Crippen LogP contribution in [-0.2, 0) is 13.0 Å². The van der Waals surface area contributed by atoms with E-state index < -0.39 is 0 Å². The highest BCUT2D eigenvalue weighted by molar-refractivity contribution is 7.11. The van der Waals surface area contributed by atoms with Gasteiger partial charge in [-0.05, 0) is 67.9 Å². The normalized spacial score (nSPS) is 39.9. The highest BCUT2D eigenvalue weighted by atomic mass is 32.1. The van der Waals surface area contributed by atoms with Crippen molar-refractivity contribution in [2.45, 2.75) is 58.0 Å². The summed E-state index contributed by atoms with van der Waals surface area (Å²) in [6, 6.07) is 5.45. The van der Waals surface area contributed by atoms with Gasteiger partial charge in [0.2, 0.25) is 0 Å². The molecule has 0 aliphatic heterocycles. The van der Waals surface area contributed by atoms with Crippen molar-refractivity contribution >= 4 is 11.3 Å². The number of rotatable bonds is 4. The zero-order valence-electron chi connectivity index (χ0n) is 11.9. The van der Waals surface area contributed by atoms with Crippen molar-refractivity contribution in [3.05, 3.63) is 21.9 Å². The monoisotopic (exact) mass is 275 g/mol. The van der Waals surface area contributed by atoms with Crippen LogP contribution in [-0.4, -0.2) is 6.04 Å². The molecule has 1 N–H and O–H groups in total. The summed E-state index contributed by atoms with van der Waals surface area (Å²) in [5.74, 6) is 4.30. The first-order chi connectivity index (χ1) is 9.35. The van der Waals surface area contributed by atoms with Crippen molar-refractivity contribution in [2.24, 2.45) is 23.7 Å². The fourth-order valence-corrected chi connectivity index (χ4v) is 6.15. The third kappa shape index (κ3) is 2.08. The van der Waals surface area contributed by atoms with Gasteiger partial charge >= 0.3 is 0 Å². The molecule has 3 aliphatic carbocycles. The van der Waals surface area contributed by atoms with E-state index in [-0.39, 0.29) is 0 Å². The van der Waals surface area contributed by atoms with Crippen LogP contribution < -0.4 is 5.32 Å². The van der Waals surface area contributed by atoms with Crippen LogP contribution in [0.5, 0.6) is 0 Å². The molecule has 19 heavy (non-hydrogen) atoms. The molecule has 1 aromatic rings. The molecule has 1 nitrogen and oxygen atoms in total. The van der Waals surface area contributed by atoms with E-state index in [2.05, 4.69) is 24.4 Å². The lowest BCUT2D eigenvalue weighted by molar-refractivity contribution is 0.208. The van der Waals surface area contributed by atoms with Crippen molar-refractivity contribution in [3.63, 3.8) is 0 Å². The van der Waals surface area contributed by atoms with Crippen molar-refractivity contribution in [3.8, 4) is 0 Å². The molecule has 2 heteroatoms. The molecule has 3 fully saturated rings. The van der Waals surface area contributed by atoms with Gasteiger partial charge in [0.05, 0.1) is 0 Å². The molecule has 0 radical (unpaired) electrons. The minimum atomic E-state index is 0.830. The first-order valence-electron chi connectivity index (χ1n) is 8.16.